The summed E-state index contributed by atoms with van der Waals surface area (Å²) < 4.78 is 4.53. The predicted molar refractivity (Wildman–Crippen MR) is 91.2 cm³/mol. The SMILES string of the molecule is COC(=O)C[C@@H](C)C(=O)N/N=C\c1ccc(-c2ccccn2)cc1. The first-order valence-corrected chi connectivity index (χ1v) is 7.51. The van der Waals surface area contributed by atoms with Gasteiger partial charge in [0.05, 0.1) is 25.4 Å². The number of hydrogen-bond donors (Lipinski definition) is 1. The molecule has 0 saturated carbocycles. The van der Waals surface area contributed by atoms with E-state index in [1.54, 1.807) is 19.3 Å². The van der Waals surface area contributed by atoms with Crippen LogP contribution in [0.25, 0.3) is 11.3 Å². The summed E-state index contributed by atoms with van der Waals surface area (Å²) in [5.74, 6) is -1.25. The van der Waals surface area contributed by atoms with Crippen molar-refractivity contribution in [1.29, 1.82) is 0 Å². The highest BCUT2D eigenvalue weighted by Gasteiger charge is 2.16. The maximum absolute atomic E-state index is 11.8. The van der Waals surface area contributed by atoms with Gasteiger partial charge in [-0.15, -0.1) is 0 Å². The maximum atomic E-state index is 11.8. The topological polar surface area (TPSA) is 80.7 Å². The molecule has 6 heteroatoms. The van der Waals surface area contributed by atoms with Crippen molar-refractivity contribution >= 4 is 18.1 Å². The third kappa shape index (κ3) is 5.01. The first kappa shape index (κ1) is 17.3. The summed E-state index contributed by atoms with van der Waals surface area (Å²) in [7, 11) is 1.29. The molecule has 124 valence electrons. The molecule has 0 aliphatic carbocycles. The molecule has 1 atom stereocenters. The second-order valence-electron chi connectivity index (χ2n) is 5.25. The molecule has 1 aromatic carbocycles. The molecule has 6 nitrogen and oxygen atoms in total. The van der Waals surface area contributed by atoms with Crippen molar-refractivity contribution in [3.8, 4) is 11.3 Å². The van der Waals surface area contributed by atoms with Gasteiger partial charge >= 0.3 is 5.97 Å². The Kier molecular flexibility index (Phi) is 6.19. The number of aromatic nitrogens is 1. The van der Waals surface area contributed by atoms with E-state index < -0.39 is 11.9 Å². The Bertz CT molecular complexity index is 712. The van der Waals surface area contributed by atoms with E-state index >= 15 is 0 Å². The second kappa shape index (κ2) is 8.57. The van der Waals surface area contributed by atoms with Gasteiger partial charge in [0.2, 0.25) is 5.91 Å². The van der Waals surface area contributed by atoms with E-state index in [1.165, 1.54) is 7.11 Å². The minimum absolute atomic E-state index is 0.0244. The predicted octanol–water partition coefficient (Wildman–Crippen LogP) is 2.40. The lowest BCUT2D eigenvalue weighted by molar-refractivity contribution is -0.143. The van der Waals surface area contributed by atoms with Crippen molar-refractivity contribution in [2.75, 3.05) is 7.11 Å². The third-order valence-corrected chi connectivity index (χ3v) is 3.41. The average molecular weight is 325 g/mol. The van der Waals surface area contributed by atoms with Gasteiger partial charge in [-0.3, -0.25) is 14.6 Å². The first-order chi connectivity index (χ1) is 11.6. The first-order valence-electron chi connectivity index (χ1n) is 7.51. The zero-order chi connectivity index (χ0) is 17.4. The van der Waals surface area contributed by atoms with Gasteiger partial charge in [-0.2, -0.15) is 5.10 Å². The highest BCUT2D eigenvalue weighted by molar-refractivity contribution is 5.85. The molecule has 0 bridgehead atoms. The quantitative estimate of drug-likeness (QED) is 0.502. The van der Waals surface area contributed by atoms with E-state index in [0.717, 1.165) is 16.8 Å². The van der Waals surface area contributed by atoms with Gasteiger partial charge < -0.3 is 4.74 Å². The number of nitrogens with one attached hydrogen (secondary N) is 1. The summed E-state index contributed by atoms with van der Waals surface area (Å²) in [5, 5.41) is 3.91. The van der Waals surface area contributed by atoms with Gasteiger partial charge in [-0.1, -0.05) is 37.3 Å². The van der Waals surface area contributed by atoms with Crippen LogP contribution in [0.4, 0.5) is 0 Å². The van der Waals surface area contributed by atoms with Gasteiger partial charge in [0, 0.05) is 17.7 Å². The van der Waals surface area contributed by atoms with Gasteiger partial charge in [0.15, 0.2) is 0 Å². The van der Waals surface area contributed by atoms with Crippen molar-refractivity contribution in [3.05, 3.63) is 54.2 Å². The van der Waals surface area contributed by atoms with E-state index in [0.29, 0.717) is 0 Å². The van der Waals surface area contributed by atoms with E-state index in [1.807, 2.05) is 42.5 Å². The van der Waals surface area contributed by atoms with E-state index in [9.17, 15) is 9.59 Å². The van der Waals surface area contributed by atoms with Crippen molar-refractivity contribution in [2.45, 2.75) is 13.3 Å². The summed E-state index contributed by atoms with van der Waals surface area (Å²) >= 11 is 0. The Balaban J connectivity index is 1.90. The number of methoxy groups -OCH3 is 1. The molecule has 2 aromatic rings. The Morgan fingerprint density at radius 2 is 2.00 bits per heavy atom. The van der Waals surface area contributed by atoms with Crippen LogP contribution < -0.4 is 5.43 Å². The number of rotatable bonds is 6. The van der Waals surface area contributed by atoms with E-state index in [4.69, 9.17) is 0 Å². The van der Waals surface area contributed by atoms with Crippen LogP contribution in [0, 0.1) is 5.92 Å². The van der Waals surface area contributed by atoms with Gasteiger partial charge in [0.25, 0.3) is 0 Å². The lowest BCUT2D eigenvalue weighted by Crippen LogP contribution is -2.27. The highest BCUT2D eigenvalue weighted by Crippen LogP contribution is 2.16. The van der Waals surface area contributed by atoms with Crippen LogP contribution >= 0.6 is 0 Å². The fraction of sp³-hybridized carbons (Fsp3) is 0.222. The van der Waals surface area contributed by atoms with Gasteiger partial charge in [-0.25, -0.2) is 5.43 Å². The molecule has 0 unspecified atom stereocenters. The largest absolute Gasteiger partial charge is 0.469 e. The summed E-state index contributed by atoms with van der Waals surface area (Å²) in [6, 6.07) is 13.4. The van der Waals surface area contributed by atoms with Crippen molar-refractivity contribution < 1.29 is 14.3 Å². The van der Waals surface area contributed by atoms with E-state index in [2.05, 4.69) is 20.2 Å². The molecule has 24 heavy (non-hydrogen) atoms. The summed E-state index contributed by atoms with van der Waals surface area (Å²) in [5.41, 5.74) is 5.16. The van der Waals surface area contributed by atoms with Crippen LogP contribution in [0.3, 0.4) is 0 Å². The van der Waals surface area contributed by atoms with Crippen molar-refractivity contribution in [1.82, 2.24) is 10.4 Å². The van der Waals surface area contributed by atoms with Gasteiger partial charge in [-0.05, 0) is 17.7 Å². The van der Waals surface area contributed by atoms with Crippen LogP contribution in [0.5, 0.6) is 0 Å². The fourth-order valence-corrected chi connectivity index (χ4v) is 1.98. The molecule has 0 fully saturated rings. The minimum atomic E-state index is -0.499. The molecule has 0 spiro atoms. The normalized spacial score (nSPS) is 11.9. The number of nitrogens with zero attached hydrogens (tertiary/aromatic N) is 2. The number of carbonyl (C=O) groups excluding carboxylic acids is 2. The lowest BCUT2D eigenvalue weighted by Gasteiger charge is -2.07. The number of hydrazone groups is 1. The van der Waals surface area contributed by atoms with Gasteiger partial charge in [0.1, 0.15) is 0 Å². The Morgan fingerprint density at radius 1 is 1.25 bits per heavy atom. The number of ether oxygens (including phenoxy) is 1. The summed E-state index contributed by atoms with van der Waals surface area (Å²) in [4.78, 5) is 27.2. The van der Waals surface area contributed by atoms with Crippen LogP contribution in [-0.4, -0.2) is 30.2 Å². The zero-order valence-corrected chi connectivity index (χ0v) is 13.6. The number of carbonyl (C=O) groups is 2. The molecular formula is C18H19N3O3. The Morgan fingerprint density at radius 3 is 2.62 bits per heavy atom. The molecule has 0 saturated heterocycles. The van der Waals surface area contributed by atoms with Crippen molar-refractivity contribution in [3.63, 3.8) is 0 Å². The number of pyridine rings is 1. The molecule has 0 aliphatic rings. The summed E-state index contributed by atoms with van der Waals surface area (Å²) in [6.07, 6.45) is 3.32. The molecule has 1 N–H and O–H groups in total. The monoisotopic (exact) mass is 325 g/mol. The molecule has 1 aromatic heterocycles. The van der Waals surface area contributed by atoms with E-state index in [-0.39, 0.29) is 12.3 Å². The van der Waals surface area contributed by atoms with Crippen LogP contribution in [0.2, 0.25) is 0 Å². The average Bonchev–Trinajstić information content (AvgIpc) is 2.62. The zero-order valence-electron chi connectivity index (χ0n) is 13.6. The number of hydrogen-bond acceptors (Lipinski definition) is 5. The number of benzene rings is 1. The molecule has 0 radical (unpaired) electrons. The van der Waals surface area contributed by atoms with Crippen LogP contribution in [0.1, 0.15) is 18.9 Å². The number of esters is 1. The third-order valence-electron chi connectivity index (χ3n) is 3.41. The van der Waals surface area contributed by atoms with Crippen LogP contribution in [0.15, 0.2) is 53.8 Å². The fourth-order valence-electron chi connectivity index (χ4n) is 1.98. The second-order valence-corrected chi connectivity index (χ2v) is 5.25. The highest BCUT2D eigenvalue weighted by atomic mass is 16.5. The smallest absolute Gasteiger partial charge is 0.306 e. The minimum Gasteiger partial charge on any atom is -0.469 e. The standard InChI is InChI=1S/C18H19N3O3/c1-13(11-17(22)24-2)18(23)21-20-12-14-6-8-15(9-7-14)16-5-3-4-10-19-16/h3-10,12-13H,11H2,1-2H3,(H,21,23)/b20-12-/t13-/m1/s1. The molecule has 0 aliphatic heterocycles. The molecule has 2 rings (SSSR count). The summed E-state index contributed by atoms with van der Waals surface area (Å²) in [6.45, 7) is 1.64. The van der Waals surface area contributed by atoms with Crippen LogP contribution in [-0.2, 0) is 14.3 Å². The molecule has 1 heterocycles. The maximum Gasteiger partial charge on any atom is 0.306 e. The lowest BCUT2D eigenvalue weighted by atomic mass is 10.1. The van der Waals surface area contributed by atoms with Crippen molar-refractivity contribution in [2.24, 2.45) is 11.0 Å². The molecule has 1 amide bonds. The molecular weight excluding hydrogens is 306 g/mol. The Hall–Kier alpha value is -3.02. The number of amides is 1. The Labute approximate surface area is 140 Å².